The van der Waals surface area contributed by atoms with E-state index in [1.165, 1.54) is 0 Å². The maximum absolute atomic E-state index is 11.4. The molecule has 0 saturated carbocycles. The second kappa shape index (κ2) is 8.00. The third-order valence-electron chi connectivity index (χ3n) is 2.98. The number of hydrogen-bond acceptors (Lipinski definition) is 5. The van der Waals surface area contributed by atoms with E-state index in [1.54, 1.807) is 18.2 Å². The minimum absolute atomic E-state index is 0.0840. The van der Waals surface area contributed by atoms with Crippen molar-refractivity contribution in [1.82, 2.24) is 0 Å². The van der Waals surface area contributed by atoms with E-state index < -0.39 is 0 Å². The number of anilines is 2. The van der Waals surface area contributed by atoms with Crippen LogP contribution >= 0.6 is 0 Å². The zero-order valence-electron chi connectivity index (χ0n) is 11.9. The molecular formula is C14H20N4O2. The summed E-state index contributed by atoms with van der Waals surface area (Å²) < 4.78 is 0. The minimum Gasteiger partial charge on any atom is -0.379 e. The number of para-hydroxylation sites is 1. The summed E-state index contributed by atoms with van der Waals surface area (Å²) >= 11 is 0. The van der Waals surface area contributed by atoms with Crippen LogP contribution in [0.2, 0.25) is 0 Å². The highest BCUT2D eigenvalue weighted by Crippen LogP contribution is 2.35. The van der Waals surface area contributed by atoms with Gasteiger partial charge in [-0.25, -0.2) is 0 Å². The molecular weight excluding hydrogens is 256 g/mol. The van der Waals surface area contributed by atoms with Crippen molar-refractivity contribution < 1.29 is 4.92 Å². The molecule has 1 N–H and O–H groups in total. The number of nitro groups is 1. The van der Waals surface area contributed by atoms with Crippen molar-refractivity contribution in [2.45, 2.75) is 26.7 Å². The Morgan fingerprint density at radius 3 is 2.75 bits per heavy atom. The average molecular weight is 276 g/mol. The second-order valence-electron chi connectivity index (χ2n) is 4.34. The van der Waals surface area contributed by atoms with Crippen LogP contribution in [0.15, 0.2) is 18.2 Å². The van der Waals surface area contributed by atoms with Gasteiger partial charge in [0.1, 0.15) is 11.4 Å². The molecule has 1 rings (SSSR count). The Balaban J connectivity index is 3.16. The lowest BCUT2D eigenvalue weighted by Gasteiger charge is -2.22. The van der Waals surface area contributed by atoms with E-state index in [4.69, 9.17) is 5.26 Å². The molecule has 6 nitrogen and oxygen atoms in total. The van der Waals surface area contributed by atoms with E-state index in [0.29, 0.717) is 37.4 Å². The largest absolute Gasteiger partial charge is 0.379 e. The third kappa shape index (κ3) is 3.85. The van der Waals surface area contributed by atoms with Crippen molar-refractivity contribution in [2.24, 2.45) is 0 Å². The van der Waals surface area contributed by atoms with Crippen molar-refractivity contribution in [2.75, 3.05) is 29.9 Å². The van der Waals surface area contributed by atoms with Gasteiger partial charge in [-0.1, -0.05) is 13.0 Å². The van der Waals surface area contributed by atoms with Gasteiger partial charge in [0.2, 0.25) is 0 Å². The van der Waals surface area contributed by atoms with Gasteiger partial charge in [-0.2, -0.15) is 5.26 Å². The molecule has 6 heteroatoms. The molecule has 1 aromatic carbocycles. The summed E-state index contributed by atoms with van der Waals surface area (Å²) in [5.74, 6) is 0. The molecule has 0 atom stereocenters. The number of nitrogens with zero attached hydrogens (tertiary/aromatic N) is 3. The maximum atomic E-state index is 11.4. The van der Waals surface area contributed by atoms with E-state index in [-0.39, 0.29) is 10.6 Å². The number of nitrogens with one attached hydrogen (secondary N) is 1. The van der Waals surface area contributed by atoms with Crippen molar-refractivity contribution in [1.29, 1.82) is 5.26 Å². The molecule has 1 aromatic rings. The fraction of sp³-hybridized carbons (Fsp3) is 0.500. The number of hydrogen-bond donors (Lipinski definition) is 1. The summed E-state index contributed by atoms with van der Waals surface area (Å²) in [5.41, 5.74) is 1.18. The van der Waals surface area contributed by atoms with Gasteiger partial charge in [0.25, 0.3) is 0 Å². The van der Waals surface area contributed by atoms with Gasteiger partial charge in [-0.15, -0.1) is 0 Å². The SMILES string of the molecule is CCCNc1cccc(N(CC)CCC#N)c1[N+](=O)[O-]. The Bertz CT molecular complexity index is 496. The zero-order valence-corrected chi connectivity index (χ0v) is 11.9. The van der Waals surface area contributed by atoms with Crippen molar-refractivity contribution in [3.8, 4) is 6.07 Å². The molecule has 0 aromatic heterocycles. The Morgan fingerprint density at radius 2 is 2.20 bits per heavy atom. The van der Waals surface area contributed by atoms with Crippen LogP contribution in [0.4, 0.5) is 17.1 Å². The summed E-state index contributed by atoms with van der Waals surface area (Å²) in [6.07, 6.45) is 1.24. The van der Waals surface area contributed by atoms with Crippen LogP contribution in [0, 0.1) is 21.4 Å². The topological polar surface area (TPSA) is 82.2 Å². The summed E-state index contributed by atoms with van der Waals surface area (Å²) in [7, 11) is 0. The van der Waals surface area contributed by atoms with Crippen LogP contribution in [0.25, 0.3) is 0 Å². The molecule has 0 aliphatic rings. The highest BCUT2D eigenvalue weighted by atomic mass is 16.6. The highest BCUT2D eigenvalue weighted by Gasteiger charge is 2.22. The Hall–Kier alpha value is -2.29. The first-order valence-electron chi connectivity index (χ1n) is 6.78. The summed E-state index contributed by atoms with van der Waals surface area (Å²) in [5, 5.41) is 23.1. The fourth-order valence-corrected chi connectivity index (χ4v) is 2.01. The predicted octanol–water partition coefficient (Wildman–Crippen LogP) is 3.16. The lowest BCUT2D eigenvalue weighted by Crippen LogP contribution is -2.24. The van der Waals surface area contributed by atoms with Crippen LogP contribution in [0.3, 0.4) is 0 Å². The predicted molar refractivity (Wildman–Crippen MR) is 80.0 cm³/mol. The average Bonchev–Trinajstić information content (AvgIpc) is 2.45. The number of nitriles is 1. The van der Waals surface area contributed by atoms with E-state index >= 15 is 0 Å². The Morgan fingerprint density at radius 1 is 1.45 bits per heavy atom. The van der Waals surface area contributed by atoms with Crippen LogP contribution in [-0.4, -0.2) is 24.6 Å². The first-order chi connectivity index (χ1) is 9.65. The smallest absolute Gasteiger partial charge is 0.315 e. The van der Waals surface area contributed by atoms with Gasteiger partial charge in [0.05, 0.1) is 17.4 Å². The van der Waals surface area contributed by atoms with E-state index in [1.807, 2.05) is 18.7 Å². The number of rotatable bonds is 8. The van der Waals surface area contributed by atoms with Gasteiger partial charge in [-0.3, -0.25) is 10.1 Å². The molecule has 20 heavy (non-hydrogen) atoms. The molecule has 0 fully saturated rings. The fourth-order valence-electron chi connectivity index (χ4n) is 2.01. The molecule has 0 saturated heterocycles. The van der Waals surface area contributed by atoms with Gasteiger partial charge in [-0.05, 0) is 25.5 Å². The monoisotopic (exact) mass is 276 g/mol. The molecule has 0 amide bonds. The lowest BCUT2D eigenvalue weighted by molar-refractivity contribution is -0.383. The second-order valence-corrected chi connectivity index (χ2v) is 4.34. The van der Waals surface area contributed by atoms with Crippen molar-refractivity contribution in [3.63, 3.8) is 0 Å². The number of nitro benzene ring substituents is 1. The number of benzene rings is 1. The molecule has 0 radical (unpaired) electrons. The zero-order chi connectivity index (χ0) is 15.0. The first kappa shape index (κ1) is 15.8. The van der Waals surface area contributed by atoms with E-state index in [9.17, 15) is 10.1 Å². The minimum atomic E-state index is -0.359. The van der Waals surface area contributed by atoms with Crippen LogP contribution < -0.4 is 10.2 Å². The first-order valence-corrected chi connectivity index (χ1v) is 6.78. The van der Waals surface area contributed by atoms with E-state index in [0.717, 1.165) is 6.42 Å². The van der Waals surface area contributed by atoms with Gasteiger partial charge in [0, 0.05) is 19.6 Å². The standard InChI is InChI=1S/C14H20N4O2/c1-3-10-16-12-7-5-8-13(14(12)18(19)20)17(4-2)11-6-9-15/h5,7-8,16H,3-4,6,10-11H2,1-2H3. The Labute approximate surface area is 119 Å². The summed E-state index contributed by atoms with van der Waals surface area (Å²) in [6, 6.07) is 7.32. The molecule has 108 valence electrons. The van der Waals surface area contributed by atoms with Crippen molar-refractivity contribution >= 4 is 17.1 Å². The molecule has 0 spiro atoms. The normalized spacial score (nSPS) is 9.85. The summed E-state index contributed by atoms with van der Waals surface area (Å²) in [6.45, 7) is 5.74. The van der Waals surface area contributed by atoms with Gasteiger partial charge >= 0.3 is 5.69 Å². The van der Waals surface area contributed by atoms with Gasteiger partial charge < -0.3 is 10.2 Å². The Kier molecular flexibility index (Phi) is 6.30. The third-order valence-corrected chi connectivity index (χ3v) is 2.98. The highest BCUT2D eigenvalue weighted by molar-refractivity contribution is 5.77. The lowest BCUT2D eigenvalue weighted by atomic mass is 10.2. The quantitative estimate of drug-likeness (QED) is 0.582. The molecule has 0 heterocycles. The van der Waals surface area contributed by atoms with Crippen LogP contribution in [0.5, 0.6) is 0 Å². The molecule has 0 aliphatic carbocycles. The molecule has 0 unspecified atom stereocenters. The van der Waals surface area contributed by atoms with Gasteiger partial charge in [0.15, 0.2) is 0 Å². The van der Waals surface area contributed by atoms with Crippen LogP contribution in [-0.2, 0) is 0 Å². The van der Waals surface area contributed by atoms with E-state index in [2.05, 4.69) is 11.4 Å². The van der Waals surface area contributed by atoms with Crippen LogP contribution in [0.1, 0.15) is 26.7 Å². The maximum Gasteiger partial charge on any atom is 0.315 e. The molecule has 0 aliphatic heterocycles. The van der Waals surface area contributed by atoms with Crippen molar-refractivity contribution in [3.05, 3.63) is 28.3 Å². The summed E-state index contributed by atoms with van der Waals surface area (Å²) in [4.78, 5) is 12.9. The molecule has 0 bridgehead atoms.